The number of sulfonamides is 2. The minimum absolute atomic E-state index is 0.0272. The number of nitrogens with two attached hydrogens (primary N) is 1. The first-order valence-corrected chi connectivity index (χ1v) is 8.36. The van der Waals surface area contributed by atoms with Gasteiger partial charge in [0.15, 0.2) is 0 Å². The summed E-state index contributed by atoms with van der Waals surface area (Å²) in [6.07, 6.45) is 6.06. The van der Waals surface area contributed by atoms with Crippen molar-refractivity contribution in [2.24, 2.45) is 5.14 Å². The van der Waals surface area contributed by atoms with Gasteiger partial charge in [0, 0.05) is 13.0 Å². The molecule has 0 fully saturated rings. The molecule has 8 heteroatoms. The van der Waals surface area contributed by atoms with Crippen LogP contribution in [0, 0.1) is 12.3 Å². The van der Waals surface area contributed by atoms with Gasteiger partial charge in [0.2, 0.25) is 20.0 Å². The van der Waals surface area contributed by atoms with Crippen LogP contribution in [-0.4, -0.2) is 23.4 Å². The third-order valence-electron chi connectivity index (χ3n) is 2.25. The van der Waals surface area contributed by atoms with Crippen molar-refractivity contribution in [3.63, 3.8) is 0 Å². The molecule has 104 valence electrons. The fraction of sp³-hybridized carbons (Fsp3) is 0.273. The Kier molecular flexibility index (Phi) is 5.08. The van der Waals surface area contributed by atoms with Crippen molar-refractivity contribution in [3.05, 3.63) is 24.3 Å². The summed E-state index contributed by atoms with van der Waals surface area (Å²) < 4.78 is 48.1. The van der Waals surface area contributed by atoms with Crippen molar-refractivity contribution in [1.29, 1.82) is 0 Å². The van der Waals surface area contributed by atoms with E-state index in [4.69, 9.17) is 11.6 Å². The molecule has 0 aliphatic rings. The van der Waals surface area contributed by atoms with E-state index in [1.165, 1.54) is 12.1 Å². The zero-order valence-electron chi connectivity index (χ0n) is 10.0. The molecule has 0 unspecified atom stereocenters. The average Bonchev–Trinajstić information content (AvgIpc) is 2.34. The van der Waals surface area contributed by atoms with E-state index in [0.29, 0.717) is 12.8 Å². The number of unbranched alkanes of at least 4 members (excludes halogenated alkanes) is 1. The van der Waals surface area contributed by atoms with Crippen LogP contribution in [-0.2, 0) is 20.0 Å². The SMILES string of the molecule is C#CCCCNS(=O)(=O)c1ccc(S(N)(=O)=O)cc1. The molecule has 1 rings (SSSR count). The van der Waals surface area contributed by atoms with Gasteiger partial charge in [-0.3, -0.25) is 0 Å². The maximum Gasteiger partial charge on any atom is 0.240 e. The number of primary sulfonamides is 1. The van der Waals surface area contributed by atoms with Gasteiger partial charge in [-0.05, 0) is 30.7 Å². The van der Waals surface area contributed by atoms with E-state index in [1.807, 2.05) is 0 Å². The highest BCUT2D eigenvalue weighted by Crippen LogP contribution is 2.13. The van der Waals surface area contributed by atoms with Gasteiger partial charge in [-0.2, -0.15) is 0 Å². The predicted octanol–water partition coefficient (Wildman–Crippen LogP) is 0.0257. The minimum atomic E-state index is -3.83. The number of terminal acetylenes is 1. The van der Waals surface area contributed by atoms with Gasteiger partial charge in [-0.15, -0.1) is 12.3 Å². The van der Waals surface area contributed by atoms with Crippen LogP contribution in [0.2, 0.25) is 0 Å². The third-order valence-corrected chi connectivity index (χ3v) is 4.66. The van der Waals surface area contributed by atoms with Crippen LogP contribution in [0.1, 0.15) is 12.8 Å². The van der Waals surface area contributed by atoms with Crippen molar-refractivity contribution in [3.8, 4) is 12.3 Å². The molecule has 1 aromatic rings. The van der Waals surface area contributed by atoms with Crippen LogP contribution in [0.4, 0.5) is 0 Å². The lowest BCUT2D eigenvalue weighted by Gasteiger charge is -2.06. The Bertz CT molecular complexity index is 670. The molecule has 0 aromatic heterocycles. The van der Waals surface area contributed by atoms with Crippen LogP contribution < -0.4 is 9.86 Å². The normalized spacial score (nSPS) is 12.0. The first-order chi connectivity index (χ1) is 8.77. The van der Waals surface area contributed by atoms with Gasteiger partial charge in [0.25, 0.3) is 0 Å². The van der Waals surface area contributed by atoms with Crippen LogP contribution in [0.25, 0.3) is 0 Å². The quantitative estimate of drug-likeness (QED) is 0.571. The molecule has 19 heavy (non-hydrogen) atoms. The second kappa shape index (κ2) is 6.16. The Morgan fingerprint density at radius 1 is 1.11 bits per heavy atom. The number of hydrogen-bond donors (Lipinski definition) is 2. The smallest absolute Gasteiger partial charge is 0.225 e. The van der Waals surface area contributed by atoms with E-state index in [1.54, 1.807) is 0 Å². The highest BCUT2D eigenvalue weighted by atomic mass is 32.2. The van der Waals surface area contributed by atoms with Gasteiger partial charge >= 0.3 is 0 Å². The van der Waals surface area contributed by atoms with E-state index in [2.05, 4.69) is 10.6 Å². The molecule has 0 heterocycles. The molecule has 0 spiro atoms. The second-order valence-corrected chi connectivity index (χ2v) is 7.05. The summed E-state index contributed by atoms with van der Waals surface area (Å²) >= 11 is 0. The van der Waals surface area contributed by atoms with Crippen molar-refractivity contribution >= 4 is 20.0 Å². The molecule has 0 atom stereocenters. The molecule has 0 saturated carbocycles. The van der Waals surface area contributed by atoms with Crippen LogP contribution in [0.3, 0.4) is 0 Å². The largest absolute Gasteiger partial charge is 0.240 e. The summed E-state index contributed by atoms with van der Waals surface area (Å²) in [4.78, 5) is -0.167. The molecule has 0 radical (unpaired) electrons. The summed E-state index contributed by atoms with van der Waals surface area (Å²) in [7, 11) is -7.48. The first-order valence-electron chi connectivity index (χ1n) is 5.33. The van der Waals surface area contributed by atoms with Gasteiger partial charge in [-0.25, -0.2) is 26.7 Å². The number of nitrogens with one attached hydrogen (secondary N) is 1. The van der Waals surface area contributed by atoms with Crippen molar-refractivity contribution in [2.75, 3.05) is 6.54 Å². The summed E-state index contributed by atoms with van der Waals surface area (Å²) in [6.45, 7) is 0.226. The molecule has 0 aliphatic heterocycles. The Balaban J connectivity index is 2.83. The van der Waals surface area contributed by atoms with Crippen LogP contribution in [0.15, 0.2) is 34.1 Å². The zero-order valence-corrected chi connectivity index (χ0v) is 11.7. The summed E-state index contributed by atoms with van der Waals surface area (Å²) in [5.74, 6) is 2.40. The Morgan fingerprint density at radius 2 is 1.63 bits per heavy atom. The minimum Gasteiger partial charge on any atom is -0.225 e. The van der Waals surface area contributed by atoms with Crippen molar-refractivity contribution in [2.45, 2.75) is 22.6 Å². The molecule has 0 bridgehead atoms. The number of rotatable bonds is 6. The van der Waals surface area contributed by atoms with Crippen LogP contribution in [0.5, 0.6) is 0 Å². The number of hydrogen-bond acceptors (Lipinski definition) is 4. The molecule has 6 nitrogen and oxygen atoms in total. The van der Waals surface area contributed by atoms with E-state index in [0.717, 1.165) is 12.1 Å². The van der Waals surface area contributed by atoms with E-state index >= 15 is 0 Å². The molecule has 0 aliphatic carbocycles. The maximum absolute atomic E-state index is 11.8. The van der Waals surface area contributed by atoms with Gasteiger partial charge in [-0.1, -0.05) is 0 Å². The maximum atomic E-state index is 11.8. The fourth-order valence-corrected chi connectivity index (χ4v) is 2.88. The van der Waals surface area contributed by atoms with Crippen molar-refractivity contribution < 1.29 is 16.8 Å². The standard InChI is InChI=1S/C11H14N2O4S2/c1-2-3-4-9-13-19(16,17)11-7-5-10(6-8-11)18(12,14)15/h1,5-8,13H,3-4,9H2,(H2,12,14,15). The Labute approximate surface area is 113 Å². The van der Waals surface area contributed by atoms with E-state index in [9.17, 15) is 16.8 Å². The Morgan fingerprint density at radius 3 is 2.11 bits per heavy atom. The lowest BCUT2D eigenvalue weighted by Crippen LogP contribution is -2.24. The van der Waals surface area contributed by atoms with Gasteiger partial charge in [0.05, 0.1) is 9.79 Å². The molecule has 0 amide bonds. The topological polar surface area (TPSA) is 106 Å². The molecule has 1 aromatic carbocycles. The van der Waals surface area contributed by atoms with Gasteiger partial charge in [0.1, 0.15) is 0 Å². The summed E-state index contributed by atoms with van der Waals surface area (Å²) in [5.41, 5.74) is 0. The zero-order chi connectivity index (χ0) is 14.5. The monoisotopic (exact) mass is 302 g/mol. The Hall–Kier alpha value is -1.40. The molecular formula is C11H14N2O4S2. The van der Waals surface area contributed by atoms with Crippen LogP contribution >= 0.6 is 0 Å². The number of benzene rings is 1. The third kappa shape index (κ3) is 4.65. The highest BCUT2D eigenvalue weighted by molar-refractivity contribution is 7.89. The van der Waals surface area contributed by atoms with Crippen molar-refractivity contribution in [1.82, 2.24) is 4.72 Å². The second-order valence-electron chi connectivity index (χ2n) is 3.72. The predicted molar refractivity (Wildman–Crippen MR) is 71.1 cm³/mol. The highest BCUT2D eigenvalue weighted by Gasteiger charge is 2.14. The molecular weight excluding hydrogens is 288 g/mol. The molecule has 3 N–H and O–H groups in total. The summed E-state index contributed by atoms with van der Waals surface area (Å²) in [6, 6.07) is 4.66. The molecule has 0 saturated heterocycles. The first kappa shape index (κ1) is 15.7. The lowest BCUT2D eigenvalue weighted by molar-refractivity contribution is 0.579. The van der Waals surface area contributed by atoms with Gasteiger partial charge < -0.3 is 0 Å². The van der Waals surface area contributed by atoms with E-state index in [-0.39, 0.29) is 16.3 Å². The average molecular weight is 302 g/mol. The fourth-order valence-electron chi connectivity index (χ4n) is 1.29. The lowest BCUT2D eigenvalue weighted by atomic mass is 10.3. The van der Waals surface area contributed by atoms with E-state index < -0.39 is 20.0 Å². The summed E-state index contributed by atoms with van der Waals surface area (Å²) in [5, 5.41) is 4.92.